The Morgan fingerprint density at radius 1 is 1.41 bits per heavy atom. The van der Waals surface area contributed by atoms with E-state index in [4.69, 9.17) is 4.74 Å². The molecule has 0 heterocycles. The zero-order valence-electron chi connectivity index (χ0n) is 10.2. The van der Waals surface area contributed by atoms with E-state index in [2.05, 4.69) is 42.4 Å². The van der Waals surface area contributed by atoms with E-state index in [9.17, 15) is 4.79 Å². The Balaban J connectivity index is 2.70. The number of hydrogen-bond acceptors (Lipinski definition) is 3. The lowest BCUT2D eigenvalue weighted by Gasteiger charge is -2.15. The summed E-state index contributed by atoms with van der Waals surface area (Å²) in [5.41, 5.74) is 0.507. The van der Waals surface area contributed by atoms with Gasteiger partial charge in [-0.2, -0.15) is 0 Å². The molecule has 0 radical (unpaired) electrons. The summed E-state index contributed by atoms with van der Waals surface area (Å²) in [4.78, 5) is 12.5. The van der Waals surface area contributed by atoms with Crippen molar-refractivity contribution in [1.82, 2.24) is 0 Å². The first kappa shape index (κ1) is 14.6. The number of carbonyl (C=O) groups excluding carboxylic acids is 1. The van der Waals surface area contributed by atoms with Crippen LogP contribution in [0, 0.1) is 5.92 Å². The molecule has 1 aromatic carbocycles. The first-order valence-electron chi connectivity index (χ1n) is 5.59. The molecule has 0 saturated heterocycles. The van der Waals surface area contributed by atoms with E-state index in [0.29, 0.717) is 16.4 Å². The normalized spacial score (nSPS) is 12.6. The van der Waals surface area contributed by atoms with Gasteiger partial charge in [0.2, 0.25) is 0 Å². The lowest BCUT2D eigenvalue weighted by atomic mass is 10.1. The fourth-order valence-electron chi connectivity index (χ4n) is 1.64. The van der Waals surface area contributed by atoms with Crippen molar-refractivity contribution in [3.05, 3.63) is 28.2 Å². The highest BCUT2D eigenvalue weighted by atomic mass is 79.9. The molecule has 0 aromatic heterocycles. The van der Waals surface area contributed by atoms with Crippen LogP contribution in [0.25, 0.3) is 0 Å². The standard InChI is InChI=1S/C13H17BrO2S/c1-8(2)6-9(3)16-13(15)11-5-4-10(14)7-12(11)17/h4-5,7-9,17H,6H2,1-3H3. The second-order valence-electron chi connectivity index (χ2n) is 4.51. The van der Waals surface area contributed by atoms with Crippen LogP contribution in [-0.4, -0.2) is 12.1 Å². The van der Waals surface area contributed by atoms with E-state index in [0.717, 1.165) is 10.9 Å². The van der Waals surface area contributed by atoms with Gasteiger partial charge in [0.05, 0.1) is 11.7 Å². The van der Waals surface area contributed by atoms with E-state index in [1.54, 1.807) is 12.1 Å². The Labute approximate surface area is 116 Å². The Bertz CT molecular complexity index is 404. The van der Waals surface area contributed by atoms with Gasteiger partial charge in [-0.1, -0.05) is 29.8 Å². The lowest BCUT2D eigenvalue weighted by Crippen LogP contribution is -2.17. The molecule has 4 heteroatoms. The van der Waals surface area contributed by atoms with Crippen LogP contribution in [0.5, 0.6) is 0 Å². The number of thiol groups is 1. The maximum absolute atomic E-state index is 11.9. The van der Waals surface area contributed by atoms with Gasteiger partial charge < -0.3 is 4.74 Å². The van der Waals surface area contributed by atoms with Crippen molar-refractivity contribution < 1.29 is 9.53 Å². The number of halogens is 1. The molecule has 0 bridgehead atoms. The molecule has 0 saturated carbocycles. The van der Waals surface area contributed by atoms with Gasteiger partial charge in [0.25, 0.3) is 0 Å². The molecule has 0 fully saturated rings. The average molecular weight is 317 g/mol. The number of benzene rings is 1. The highest BCUT2D eigenvalue weighted by Gasteiger charge is 2.15. The minimum atomic E-state index is -0.310. The number of hydrogen-bond donors (Lipinski definition) is 1. The predicted octanol–water partition coefficient (Wildman–Crippen LogP) is 4.33. The van der Waals surface area contributed by atoms with E-state index >= 15 is 0 Å². The molecule has 1 rings (SSSR count). The van der Waals surface area contributed by atoms with E-state index < -0.39 is 0 Å². The van der Waals surface area contributed by atoms with Crippen molar-refractivity contribution in [1.29, 1.82) is 0 Å². The molecule has 0 aliphatic carbocycles. The predicted molar refractivity (Wildman–Crippen MR) is 75.7 cm³/mol. The summed E-state index contributed by atoms with van der Waals surface area (Å²) in [6.45, 7) is 6.12. The van der Waals surface area contributed by atoms with Crippen LogP contribution >= 0.6 is 28.6 Å². The van der Waals surface area contributed by atoms with Gasteiger partial charge in [-0.3, -0.25) is 0 Å². The van der Waals surface area contributed by atoms with Gasteiger partial charge in [0.15, 0.2) is 0 Å². The average Bonchev–Trinajstić information content (AvgIpc) is 2.15. The van der Waals surface area contributed by atoms with Crippen molar-refractivity contribution in [3.63, 3.8) is 0 Å². The molecule has 1 unspecified atom stereocenters. The molecule has 0 aliphatic heterocycles. The van der Waals surface area contributed by atoms with Crippen molar-refractivity contribution in [2.45, 2.75) is 38.2 Å². The van der Waals surface area contributed by atoms with E-state index in [-0.39, 0.29) is 12.1 Å². The van der Waals surface area contributed by atoms with Crippen molar-refractivity contribution in [3.8, 4) is 0 Å². The Morgan fingerprint density at radius 3 is 2.59 bits per heavy atom. The molecule has 0 spiro atoms. The number of ether oxygens (including phenoxy) is 1. The van der Waals surface area contributed by atoms with Gasteiger partial charge in [-0.05, 0) is 37.5 Å². The van der Waals surface area contributed by atoms with Gasteiger partial charge in [0, 0.05) is 9.37 Å². The molecule has 1 atom stereocenters. The van der Waals surface area contributed by atoms with Crippen LogP contribution in [-0.2, 0) is 4.74 Å². The Morgan fingerprint density at radius 2 is 2.06 bits per heavy atom. The zero-order valence-corrected chi connectivity index (χ0v) is 12.7. The lowest BCUT2D eigenvalue weighted by molar-refractivity contribution is 0.0295. The summed E-state index contributed by atoms with van der Waals surface area (Å²) >= 11 is 7.60. The SMILES string of the molecule is CC(C)CC(C)OC(=O)c1ccc(Br)cc1S. The van der Waals surface area contributed by atoms with Gasteiger partial charge in [0.1, 0.15) is 0 Å². The molecule has 1 aromatic rings. The van der Waals surface area contributed by atoms with Crippen LogP contribution in [0.15, 0.2) is 27.6 Å². The van der Waals surface area contributed by atoms with Crippen molar-refractivity contribution in [2.75, 3.05) is 0 Å². The number of esters is 1. The Hall–Kier alpha value is -0.480. The van der Waals surface area contributed by atoms with Crippen molar-refractivity contribution >= 4 is 34.5 Å². The van der Waals surface area contributed by atoms with Crippen LogP contribution in [0.4, 0.5) is 0 Å². The van der Waals surface area contributed by atoms with Crippen LogP contribution in [0.2, 0.25) is 0 Å². The topological polar surface area (TPSA) is 26.3 Å². The fourth-order valence-corrected chi connectivity index (χ4v) is 2.48. The minimum Gasteiger partial charge on any atom is -0.459 e. The molecule has 94 valence electrons. The summed E-state index contributed by atoms with van der Waals surface area (Å²) in [5, 5.41) is 0. The monoisotopic (exact) mass is 316 g/mol. The highest BCUT2D eigenvalue weighted by Crippen LogP contribution is 2.21. The second-order valence-corrected chi connectivity index (χ2v) is 5.90. The molecule has 0 aliphatic rings. The Kier molecular flexibility index (Phi) is 5.53. The number of carbonyl (C=O) groups is 1. The zero-order chi connectivity index (χ0) is 13.0. The molecule has 0 amide bonds. The summed E-state index contributed by atoms with van der Waals surface area (Å²) in [5.74, 6) is 0.203. The molecular weight excluding hydrogens is 300 g/mol. The fraction of sp³-hybridized carbons (Fsp3) is 0.462. The summed E-state index contributed by atoms with van der Waals surface area (Å²) in [6, 6.07) is 5.31. The minimum absolute atomic E-state index is 0.0705. The molecule has 17 heavy (non-hydrogen) atoms. The second kappa shape index (κ2) is 6.45. The summed E-state index contributed by atoms with van der Waals surface area (Å²) in [6.07, 6.45) is 0.795. The third-order valence-electron chi connectivity index (χ3n) is 2.29. The molecule has 2 nitrogen and oxygen atoms in total. The third-order valence-corrected chi connectivity index (χ3v) is 3.15. The highest BCUT2D eigenvalue weighted by molar-refractivity contribution is 9.10. The third kappa shape index (κ3) is 4.72. The maximum atomic E-state index is 11.9. The van der Waals surface area contributed by atoms with E-state index in [1.165, 1.54) is 0 Å². The summed E-state index contributed by atoms with van der Waals surface area (Å²) < 4.78 is 6.26. The quantitative estimate of drug-likeness (QED) is 0.661. The largest absolute Gasteiger partial charge is 0.459 e. The van der Waals surface area contributed by atoms with Crippen LogP contribution in [0.1, 0.15) is 37.6 Å². The van der Waals surface area contributed by atoms with Crippen molar-refractivity contribution in [2.24, 2.45) is 5.92 Å². The van der Waals surface area contributed by atoms with Gasteiger partial charge in [-0.25, -0.2) is 4.79 Å². The van der Waals surface area contributed by atoms with Crippen LogP contribution in [0.3, 0.4) is 0 Å². The molecule has 0 N–H and O–H groups in total. The van der Waals surface area contributed by atoms with Gasteiger partial charge in [-0.15, -0.1) is 12.6 Å². The summed E-state index contributed by atoms with van der Waals surface area (Å²) in [7, 11) is 0. The van der Waals surface area contributed by atoms with Crippen LogP contribution < -0.4 is 0 Å². The van der Waals surface area contributed by atoms with E-state index in [1.807, 2.05) is 13.0 Å². The molecular formula is C13H17BrO2S. The number of rotatable bonds is 4. The first-order chi connectivity index (χ1) is 7.90. The maximum Gasteiger partial charge on any atom is 0.339 e. The van der Waals surface area contributed by atoms with Gasteiger partial charge >= 0.3 is 5.97 Å². The first-order valence-corrected chi connectivity index (χ1v) is 6.83. The smallest absolute Gasteiger partial charge is 0.339 e.